The first-order chi connectivity index (χ1) is 15.0. The molecule has 0 aliphatic carbocycles. The Labute approximate surface area is 192 Å². The minimum atomic E-state index is -3.94. The van der Waals surface area contributed by atoms with Gasteiger partial charge in [0.25, 0.3) is 15.9 Å². The summed E-state index contributed by atoms with van der Waals surface area (Å²) >= 11 is 1.03. The van der Waals surface area contributed by atoms with Crippen molar-refractivity contribution in [3.63, 3.8) is 0 Å². The fourth-order valence-electron chi connectivity index (χ4n) is 2.76. The summed E-state index contributed by atoms with van der Waals surface area (Å²) in [5.74, 6) is -0.533. The summed E-state index contributed by atoms with van der Waals surface area (Å²) in [6.07, 6.45) is 0. The van der Waals surface area contributed by atoms with Crippen molar-refractivity contribution in [3.05, 3.63) is 76.0 Å². The van der Waals surface area contributed by atoms with E-state index in [2.05, 4.69) is 10.0 Å². The molecule has 2 aromatic carbocycles. The van der Waals surface area contributed by atoms with Crippen LogP contribution in [0.4, 0.5) is 5.69 Å². The first kappa shape index (κ1) is 23.9. The lowest BCUT2D eigenvalue weighted by atomic mass is 10.2. The number of nitrogens with one attached hydrogen (secondary N) is 2. The van der Waals surface area contributed by atoms with E-state index in [1.165, 1.54) is 32.3 Å². The molecule has 0 saturated carbocycles. The number of rotatable bonds is 8. The maximum absolute atomic E-state index is 12.8. The first-order valence-electron chi connectivity index (χ1n) is 9.47. The van der Waals surface area contributed by atoms with Gasteiger partial charge in [0.05, 0.1) is 4.90 Å². The number of carbonyl (C=O) groups is 1. The molecular formula is C21H23N3O5S3. The molecule has 8 nitrogen and oxygen atoms in total. The van der Waals surface area contributed by atoms with Gasteiger partial charge in [-0.3, -0.25) is 9.52 Å². The molecule has 32 heavy (non-hydrogen) atoms. The zero-order valence-electron chi connectivity index (χ0n) is 17.7. The van der Waals surface area contributed by atoms with Crippen molar-refractivity contribution >= 4 is 43.0 Å². The van der Waals surface area contributed by atoms with E-state index in [-0.39, 0.29) is 21.2 Å². The van der Waals surface area contributed by atoms with Crippen molar-refractivity contribution in [1.82, 2.24) is 9.62 Å². The predicted molar refractivity (Wildman–Crippen MR) is 125 cm³/mol. The summed E-state index contributed by atoms with van der Waals surface area (Å²) in [7, 11) is -4.58. The fourth-order valence-corrected chi connectivity index (χ4v) is 6.06. The molecule has 0 bridgehead atoms. The third-order valence-electron chi connectivity index (χ3n) is 4.58. The number of hydrogen-bond acceptors (Lipinski definition) is 6. The van der Waals surface area contributed by atoms with Gasteiger partial charge in [0, 0.05) is 26.3 Å². The Morgan fingerprint density at radius 3 is 2.16 bits per heavy atom. The summed E-state index contributed by atoms with van der Waals surface area (Å²) < 4.78 is 53.5. The van der Waals surface area contributed by atoms with Crippen LogP contribution < -0.4 is 10.0 Å². The van der Waals surface area contributed by atoms with E-state index in [1.807, 2.05) is 6.92 Å². The Morgan fingerprint density at radius 2 is 1.56 bits per heavy atom. The number of hydrogen-bond donors (Lipinski definition) is 2. The Balaban J connectivity index is 1.71. The van der Waals surface area contributed by atoms with Gasteiger partial charge >= 0.3 is 0 Å². The summed E-state index contributed by atoms with van der Waals surface area (Å²) in [5, 5.41) is 4.23. The van der Waals surface area contributed by atoms with Gasteiger partial charge in [0.15, 0.2) is 0 Å². The Kier molecular flexibility index (Phi) is 7.03. The highest BCUT2D eigenvalue weighted by Crippen LogP contribution is 2.25. The monoisotopic (exact) mass is 493 g/mol. The fraction of sp³-hybridized carbons (Fsp3) is 0.190. The zero-order chi connectivity index (χ0) is 23.5. The van der Waals surface area contributed by atoms with Crippen molar-refractivity contribution in [2.45, 2.75) is 23.3 Å². The van der Waals surface area contributed by atoms with E-state index >= 15 is 0 Å². The van der Waals surface area contributed by atoms with Crippen LogP contribution in [-0.2, 0) is 26.6 Å². The SMILES string of the molecule is Cc1ccc(NS(=O)(=O)c2ccsc2C(=O)NCc2ccc(S(=O)(=O)N(C)C)cc2)cc1. The number of benzene rings is 2. The number of carbonyl (C=O) groups excluding carboxylic acids is 1. The van der Waals surface area contributed by atoms with Crippen LogP contribution in [0.1, 0.15) is 20.8 Å². The van der Waals surface area contributed by atoms with Crippen LogP contribution in [0, 0.1) is 6.92 Å². The molecule has 1 amide bonds. The summed E-state index contributed by atoms with van der Waals surface area (Å²) in [6.45, 7) is 2.01. The number of anilines is 1. The molecule has 0 radical (unpaired) electrons. The van der Waals surface area contributed by atoms with Gasteiger partial charge in [-0.25, -0.2) is 21.1 Å². The summed E-state index contributed by atoms with van der Waals surface area (Å²) in [5.41, 5.74) is 2.08. The van der Waals surface area contributed by atoms with Gasteiger partial charge in [0.1, 0.15) is 9.77 Å². The number of sulfonamides is 2. The van der Waals surface area contributed by atoms with Gasteiger partial charge in [-0.1, -0.05) is 29.8 Å². The number of aryl methyl sites for hydroxylation is 1. The van der Waals surface area contributed by atoms with E-state index in [1.54, 1.807) is 41.8 Å². The number of nitrogens with zero attached hydrogens (tertiary/aromatic N) is 1. The van der Waals surface area contributed by atoms with E-state index in [4.69, 9.17) is 0 Å². The predicted octanol–water partition coefficient (Wildman–Crippen LogP) is 3.04. The second-order valence-electron chi connectivity index (χ2n) is 7.20. The van der Waals surface area contributed by atoms with Crippen molar-refractivity contribution in [1.29, 1.82) is 0 Å². The Morgan fingerprint density at radius 1 is 0.938 bits per heavy atom. The third-order valence-corrected chi connectivity index (χ3v) is 8.88. The van der Waals surface area contributed by atoms with Crippen LogP contribution in [0.3, 0.4) is 0 Å². The standard InChI is InChI=1S/C21H23N3O5S3/c1-15-4-8-17(9-5-15)23-31(26,27)19-12-13-30-20(19)21(25)22-14-16-6-10-18(11-7-16)32(28,29)24(2)3/h4-13,23H,14H2,1-3H3,(H,22,25). The number of amides is 1. The van der Waals surface area contributed by atoms with Crippen LogP contribution >= 0.6 is 11.3 Å². The van der Waals surface area contributed by atoms with E-state index in [0.29, 0.717) is 11.3 Å². The van der Waals surface area contributed by atoms with E-state index in [9.17, 15) is 21.6 Å². The quantitative estimate of drug-likeness (QED) is 0.501. The van der Waals surface area contributed by atoms with Crippen LogP contribution in [0.15, 0.2) is 69.8 Å². The molecule has 11 heteroatoms. The average Bonchev–Trinajstić information content (AvgIpc) is 3.25. The topological polar surface area (TPSA) is 113 Å². The lowest BCUT2D eigenvalue weighted by Gasteiger charge is -2.12. The molecule has 0 saturated heterocycles. The molecule has 1 aromatic heterocycles. The zero-order valence-corrected chi connectivity index (χ0v) is 20.1. The van der Waals surface area contributed by atoms with Crippen LogP contribution in [0.25, 0.3) is 0 Å². The van der Waals surface area contributed by atoms with Crippen molar-refractivity contribution in [2.24, 2.45) is 0 Å². The van der Waals surface area contributed by atoms with E-state index in [0.717, 1.165) is 21.2 Å². The lowest BCUT2D eigenvalue weighted by Crippen LogP contribution is -2.25. The maximum atomic E-state index is 12.8. The van der Waals surface area contributed by atoms with Crippen molar-refractivity contribution < 1.29 is 21.6 Å². The third kappa shape index (κ3) is 5.36. The first-order valence-corrected chi connectivity index (χ1v) is 13.3. The second kappa shape index (κ2) is 9.41. The van der Waals surface area contributed by atoms with Crippen molar-refractivity contribution in [2.75, 3.05) is 18.8 Å². The van der Waals surface area contributed by atoms with Gasteiger partial charge in [-0.05, 0) is 48.2 Å². The summed E-state index contributed by atoms with van der Waals surface area (Å²) in [6, 6.07) is 14.4. The number of thiophene rings is 1. The average molecular weight is 494 g/mol. The highest BCUT2D eigenvalue weighted by molar-refractivity contribution is 7.93. The smallest absolute Gasteiger partial charge is 0.263 e. The molecule has 1 heterocycles. The van der Waals surface area contributed by atoms with Crippen LogP contribution in [0.2, 0.25) is 0 Å². The lowest BCUT2D eigenvalue weighted by molar-refractivity contribution is 0.0952. The molecule has 0 aliphatic rings. The molecule has 0 atom stereocenters. The van der Waals surface area contributed by atoms with Crippen molar-refractivity contribution in [3.8, 4) is 0 Å². The van der Waals surface area contributed by atoms with Gasteiger partial charge in [-0.15, -0.1) is 11.3 Å². The highest BCUT2D eigenvalue weighted by atomic mass is 32.2. The van der Waals surface area contributed by atoms with Gasteiger partial charge in [0.2, 0.25) is 10.0 Å². The molecule has 3 aromatic rings. The van der Waals surface area contributed by atoms with Crippen LogP contribution in [0.5, 0.6) is 0 Å². The van der Waals surface area contributed by atoms with Gasteiger partial charge < -0.3 is 5.32 Å². The molecule has 0 spiro atoms. The minimum absolute atomic E-state index is 0.0661. The molecule has 3 rings (SSSR count). The molecule has 0 unspecified atom stereocenters. The Hall–Kier alpha value is -2.73. The second-order valence-corrected chi connectivity index (χ2v) is 11.9. The molecule has 170 valence electrons. The van der Waals surface area contributed by atoms with Crippen LogP contribution in [-0.4, -0.2) is 41.1 Å². The molecule has 0 fully saturated rings. The largest absolute Gasteiger partial charge is 0.347 e. The Bertz CT molecular complexity index is 1310. The highest BCUT2D eigenvalue weighted by Gasteiger charge is 2.24. The molecule has 2 N–H and O–H groups in total. The minimum Gasteiger partial charge on any atom is -0.347 e. The molecular weight excluding hydrogens is 470 g/mol. The van der Waals surface area contributed by atoms with E-state index < -0.39 is 26.0 Å². The summed E-state index contributed by atoms with van der Waals surface area (Å²) in [4.78, 5) is 12.8. The normalized spacial score (nSPS) is 12.0. The van der Waals surface area contributed by atoms with Gasteiger partial charge in [-0.2, -0.15) is 0 Å². The maximum Gasteiger partial charge on any atom is 0.263 e. The molecule has 0 aliphatic heterocycles.